The molecule has 0 saturated carbocycles. The zero-order valence-electron chi connectivity index (χ0n) is 7.47. The first-order chi connectivity index (χ1) is 5.41. The quantitative estimate of drug-likeness (QED) is 0.806. The van der Waals surface area contributed by atoms with Crippen molar-refractivity contribution < 1.29 is 5.11 Å². The molecular weight excluding hydrogens is 236 g/mol. The third-order valence-corrected chi connectivity index (χ3v) is 3.42. The summed E-state index contributed by atoms with van der Waals surface area (Å²) in [4.78, 5) is 1.02. The molecule has 1 atom stereocenters. The van der Waals surface area contributed by atoms with Gasteiger partial charge in [0.2, 0.25) is 0 Å². The average molecular weight is 249 g/mol. The van der Waals surface area contributed by atoms with Gasteiger partial charge in [-0.1, -0.05) is 20.8 Å². The summed E-state index contributed by atoms with van der Waals surface area (Å²) in [6.07, 6.45) is -0.367. The van der Waals surface area contributed by atoms with Crippen LogP contribution in [0.15, 0.2) is 15.9 Å². The SMILES string of the molecule is CC(C)(C)C(O)c1cc(Br)cs1. The molecule has 68 valence electrons. The molecule has 0 fully saturated rings. The molecule has 1 unspecified atom stereocenters. The Morgan fingerprint density at radius 3 is 2.42 bits per heavy atom. The van der Waals surface area contributed by atoms with E-state index in [-0.39, 0.29) is 11.5 Å². The molecule has 12 heavy (non-hydrogen) atoms. The summed E-state index contributed by atoms with van der Waals surface area (Å²) in [5.74, 6) is 0. The van der Waals surface area contributed by atoms with E-state index in [9.17, 15) is 5.11 Å². The van der Waals surface area contributed by atoms with E-state index >= 15 is 0 Å². The van der Waals surface area contributed by atoms with E-state index < -0.39 is 0 Å². The van der Waals surface area contributed by atoms with Crippen LogP contribution in [-0.4, -0.2) is 5.11 Å². The number of aliphatic hydroxyl groups excluding tert-OH is 1. The number of rotatable bonds is 1. The second-order valence-electron chi connectivity index (χ2n) is 3.94. The minimum Gasteiger partial charge on any atom is -0.387 e. The lowest BCUT2D eigenvalue weighted by atomic mass is 9.88. The topological polar surface area (TPSA) is 20.2 Å². The van der Waals surface area contributed by atoms with Crippen LogP contribution < -0.4 is 0 Å². The molecule has 0 aliphatic carbocycles. The molecule has 1 aromatic rings. The van der Waals surface area contributed by atoms with Crippen molar-refractivity contribution in [3.05, 3.63) is 20.8 Å². The second-order valence-corrected chi connectivity index (χ2v) is 5.79. The zero-order chi connectivity index (χ0) is 9.35. The van der Waals surface area contributed by atoms with E-state index in [0.29, 0.717) is 0 Å². The molecule has 0 bridgehead atoms. The van der Waals surface area contributed by atoms with E-state index in [1.807, 2.05) is 32.2 Å². The number of thiophene rings is 1. The van der Waals surface area contributed by atoms with Crippen LogP contribution in [0.2, 0.25) is 0 Å². The number of hydrogen-bond acceptors (Lipinski definition) is 2. The smallest absolute Gasteiger partial charge is 0.0930 e. The largest absolute Gasteiger partial charge is 0.387 e. The Labute approximate surface area is 85.6 Å². The van der Waals surface area contributed by atoms with Gasteiger partial charge in [-0.05, 0) is 27.4 Å². The summed E-state index contributed by atoms with van der Waals surface area (Å²) in [5, 5.41) is 11.9. The summed E-state index contributed by atoms with van der Waals surface area (Å²) in [7, 11) is 0. The fourth-order valence-electron chi connectivity index (χ4n) is 0.898. The maximum absolute atomic E-state index is 9.86. The van der Waals surface area contributed by atoms with Crippen molar-refractivity contribution in [2.75, 3.05) is 0 Å². The zero-order valence-corrected chi connectivity index (χ0v) is 9.87. The molecule has 3 heteroatoms. The minimum absolute atomic E-state index is 0.0791. The maximum Gasteiger partial charge on any atom is 0.0930 e. The Morgan fingerprint density at radius 2 is 2.08 bits per heavy atom. The van der Waals surface area contributed by atoms with Crippen molar-refractivity contribution in [3.63, 3.8) is 0 Å². The van der Waals surface area contributed by atoms with Crippen LogP contribution in [0.25, 0.3) is 0 Å². The molecule has 0 aliphatic rings. The van der Waals surface area contributed by atoms with Gasteiger partial charge in [-0.2, -0.15) is 0 Å². The van der Waals surface area contributed by atoms with Gasteiger partial charge in [0.05, 0.1) is 6.10 Å². The van der Waals surface area contributed by atoms with Crippen LogP contribution in [0.5, 0.6) is 0 Å². The fraction of sp³-hybridized carbons (Fsp3) is 0.556. The summed E-state index contributed by atoms with van der Waals surface area (Å²) < 4.78 is 1.05. The standard InChI is InChI=1S/C9H13BrOS/c1-9(2,3)8(11)7-4-6(10)5-12-7/h4-5,8,11H,1-3H3. The monoisotopic (exact) mass is 248 g/mol. The lowest BCUT2D eigenvalue weighted by Crippen LogP contribution is -2.16. The van der Waals surface area contributed by atoms with Crippen LogP contribution in [0.1, 0.15) is 31.8 Å². The molecular formula is C9H13BrOS. The van der Waals surface area contributed by atoms with Crippen LogP contribution >= 0.6 is 27.3 Å². The predicted octanol–water partition coefficient (Wildman–Crippen LogP) is 3.59. The highest BCUT2D eigenvalue weighted by atomic mass is 79.9. The summed E-state index contributed by atoms with van der Waals surface area (Å²) >= 11 is 4.95. The van der Waals surface area contributed by atoms with Crippen molar-refractivity contribution in [1.82, 2.24) is 0 Å². The van der Waals surface area contributed by atoms with Gasteiger partial charge >= 0.3 is 0 Å². The van der Waals surface area contributed by atoms with Gasteiger partial charge in [-0.25, -0.2) is 0 Å². The third kappa shape index (κ3) is 2.31. The van der Waals surface area contributed by atoms with E-state index in [1.165, 1.54) is 0 Å². The van der Waals surface area contributed by atoms with Crippen molar-refractivity contribution in [2.45, 2.75) is 26.9 Å². The summed E-state index contributed by atoms with van der Waals surface area (Å²) in [6, 6.07) is 1.97. The molecule has 1 heterocycles. The van der Waals surface area contributed by atoms with Gasteiger partial charge in [0.1, 0.15) is 0 Å². The van der Waals surface area contributed by atoms with Gasteiger partial charge < -0.3 is 5.11 Å². The average Bonchev–Trinajstić information content (AvgIpc) is 2.32. The highest BCUT2D eigenvalue weighted by molar-refractivity contribution is 9.10. The fourth-order valence-corrected chi connectivity index (χ4v) is 2.57. The molecule has 0 saturated heterocycles. The van der Waals surface area contributed by atoms with Crippen molar-refractivity contribution >= 4 is 27.3 Å². The predicted molar refractivity (Wildman–Crippen MR) is 56.4 cm³/mol. The Hall–Kier alpha value is 0.140. The molecule has 0 aromatic carbocycles. The Balaban J connectivity index is 2.85. The first-order valence-electron chi connectivity index (χ1n) is 3.83. The Bertz CT molecular complexity index is 262. The van der Waals surface area contributed by atoms with Gasteiger partial charge in [0, 0.05) is 14.7 Å². The van der Waals surface area contributed by atoms with Crippen molar-refractivity contribution in [2.24, 2.45) is 5.41 Å². The number of aliphatic hydroxyl groups is 1. The molecule has 0 aliphatic heterocycles. The Kier molecular flexibility index (Phi) is 2.97. The van der Waals surface area contributed by atoms with Gasteiger partial charge in [-0.15, -0.1) is 11.3 Å². The summed E-state index contributed by atoms with van der Waals surface area (Å²) in [5.41, 5.74) is -0.0791. The number of hydrogen-bond donors (Lipinski definition) is 1. The summed E-state index contributed by atoms with van der Waals surface area (Å²) in [6.45, 7) is 6.10. The van der Waals surface area contributed by atoms with Crippen LogP contribution in [0.4, 0.5) is 0 Å². The van der Waals surface area contributed by atoms with E-state index in [0.717, 1.165) is 9.35 Å². The van der Waals surface area contributed by atoms with E-state index in [4.69, 9.17) is 0 Å². The second kappa shape index (κ2) is 3.48. The lowest BCUT2D eigenvalue weighted by Gasteiger charge is -2.24. The molecule has 1 N–H and O–H groups in total. The van der Waals surface area contributed by atoms with Gasteiger partial charge in [-0.3, -0.25) is 0 Å². The number of halogens is 1. The van der Waals surface area contributed by atoms with E-state index in [2.05, 4.69) is 15.9 Å². The first kappa shape index (κ1) is 10.2. The minimum atomic E-state index is -0.367. The molecule has 0 amide bonds. The lowest BCUT2D eigenvalue weighted by molar-refractivity contribution is 0.0658. The molecule has 1 nitrogen and oxygen atoms in total. The molecule has 0 radical (unpaired) electrons. The van der Waals surface area contributed by atoms with Gasteiger partial charge in [0.15, 0.2) is 0 Å². The first-order valence-corrected chi connectivity index (χ1v) is 5.50. The highest BCUT2D eigenvalue weighted by Gasteiger charge is 2.24. The maximum atomic E-state index is 9.86. The van der Waals surface area contributed by atoms with Crippen molar-refractivity contribution in [1.29, 1.82) is 0 Å². The van der Waals surface area contributed by atoms with Crippen LogP contribution in [-0.2, 0) is 0 Å². The third-order valence-electron chi connectivity index (χ3n) is 1.68. The Morgan fingerprint density at radius 1 is 1.50 bits per heavy atom. The molecule has 1 rings (SSSR count). The molecule has 0 spiro atoms. The molecule has 1 aromatic heterocycles. The van der Waals surface area contributed by atoms with Crippen molar-refractivity contribution in [3.8, 4) is 0 Å². The highest BCUT2D eigenvalue weighted by Crippen LogP contribution is 2.36. The van der Waals surface area contributed by atoms with E-state index in [1.54, 1.807) is 11.3 Å². The van der Waals surface area contributed by atoms with Crippen LogP contribution in [0.3, 0.4) is 0 Å². The van der Waals surface area contributed by atoms with Crippen LogP contribution in [0, 0.1) is 5.41 Å². The van der Waals surface area contributed by atoms with Gasteiger partial charge in [0.25, 0.3) is 0 Å². The normalized spacial score (nSPS) is 14.8.